The molecule has 1 amide bonds. The zero-order valence-electron chi connectivity index (χ0n) is 14.2. The van der Waals surface area contributed by atoms with Gasteiger partial charge >= 0.3 is 0 Å². The van der Waals surface area contributed by atoms with Crippen molar-refractivity contribution in [3.05, 3.63) is 70.3 Å². The van der Waals surface area contributed by atoms with Crippen molar-refractivity contribution in [1.82, 2.24) is 4.83 Å². The first-order valence-corrected chi connectivity index (χ1v) is 9.10. The summed E-state index contributed by atoms with van der Waals surface area (Å²) in [7, 11) is -3.87. The molecule has 0 fully saturated rings. The molecule has 0 aromatic heterocycles. The number of nitrogens with zero attached hydrogens (tertiary/aromatic N) is 2. The van der Waals surface area contributed by atoms with Crippen LogP contribution in [0.5, 0.6) is 0 Å². The third-order valence-corrected chi connectivity index (χ3v) is 4.47. The first kappa shape index (κ1) is 19.8. The number of benzene rings is 2. The van der Waals surface area contributed by atoms with Crippen LogP contribution in [0.4, 0.5) is 11.4 Å². The van der Waals surface area contributed by atoms with Crippen LogP contribution in [0, 0.1) is 10.1 Å². The lowest BCUT2D eigenvalue weighted by molar-refractivity contribution is -0.385. The first-order chi connectivity index (χ1) is 12.8. The highest BCUT2D eigenvalue weighted by Crippen LogP contribution is 2.18. The molecule has 0 bridgehead atoms. The van der Waals surface area contributed by atoms with E-state index in [1.165, 1.54) is 55.6 Å². The van der Waals surface area contributed by atoms with Gasteiger partial charge in [0.15, 0.2) is 0 Å². The van der Waals surface area contributed by atoms with Crippen LogP contribution in [0.25, 0.3) is 6.08 Å². The Balaban J connectivity index is 2.02. The molecule has 2 rings (SSSR count). The number of nitrogens with one attached hydrogen (secondary N) is 2. The Bertz CT molecular complexity index is 998. The van der Waals surface area contributed by atoms with Crippen molar-refractivity contribution >= 4 is 39.6 Å². The average molecular weight is 388 g/mol. The number of nitro groups is 1. The van der Waals surface area contributed by atoms with E-state index in [4.69, 9.17) is 0 Å². The Hall–Kier alpha value is -3.53. The summed E-state index contributed by atoms with van der Waals surface area (Å²) in [6.07, 6.45) is 3.99. The first-order valence-electron chi connectivity index (χ1n) is 7.62. The average Bonchev–Trinajstić information content (AvgIpc) is 2.61. The van der Waals surface area contributed by atoms with Crippen molar-refractivity contribution in [2.75, 3.05) is 5.32 Å². The molecular weight excluding hydrogens is 372 g/mol. The number of anilines is 1. The van der Waals surface area contributed by atoms with E-state index in [2.05, 4.69) is 10.4 Å². The van der Waals surface area contributed by atoms with Crippen LogP contribution in [0.1, 0.15) is 12.5 Å². The number of hydrogen-bond acceptors (Lipinski definition) is 6. The molecule has 0 aliphatic carbocycles. The Morgan fingerprint density at radius 2 is 1.81 bits per heavy atom. The molecule has 0 saturated heterocycles. The van der Waals surface area contributed by atoms with Gasteiger partial charge in [0.2, 0.25) is 5.91 Å². The molecule has 0 radical (unpaired) electrons. The maximum absolute atomic E-state index is 12.1. The molecule has 140 valence electrons. The Morgan fingerprint density at radius 3 is 2.44 bits per heavy atom. The maximum Gasteiger partial charge on any atom is 0.276 e. The minimum absolute atomic E-state index is 0.0311. The molecule has 27 heavy (non-hydrogen) atoms. The van der Waals surface area contributed by atoms with Gasteiger partial charge in [-0.2, -0.15) is 13.5 Å². The summed E-state index contributed by atoms with van der Waals surface area (Å²) < 4.78 is 24.2. The molecular formula is C17H16N4O5S. The number of carbonyl (C=O) groups excluding carboxylic acids is 1. The summed E-state index contributed by atoms with van der Waals surface area (Å²) in [6, 6.07) is 11.7. The summed E-state index contributed by atoms with van der Waals surface area (Å²) >= 11 is 0. The zero-order valence-corrected chi connectivity index (χ0v) is 15.0. The number of hydrogen-bond donors (Lipinski definition) is 2. The summed E-state index contributed by atoms with van der Waals surface area (Å²) in [5.74, 6) is -0.265. The second kappa shape index (κ2) is 8.72. The quantitative estimate of drug-likeness (QED) is 0.427. The number of carbonyl (C=O) groups is 1. The highest BCUT2D eigenvalue weighted by molar-refractivity contribution is 7.89. The molecule has 0 aliphatic heterocycles. The predicted molar refractivity (Wildman–Crippen MR) is 102 cm³/mol. The lowest BCUT2D eigenvalue weighted by Gasteiger charge is -2.05. The van der Waals surface area contributed by atoms with Gasteiger partial charge in [-0.25, -0.2) is 4.83 Å². The number of sulfonamides is 1. The largest absolute Gasteiger partial charge is 0.326 e. The molecule has 0 heterocycles. The fourth-order valence-corrected chi connectivity index (χ4v) is 2.86. The van der Waals surface area contributed by atoms with Crippen molar-refractivity contribution < 1.29 is 18.1 Å². The van der Waals surface area contributed by atoms with Gasteiger partial charge in [-0.15, -0.1) is 0 Å². The summed E-state index contributed by atoms with van der Waals surface area (Å²) in [6.45, 7) is 1.35. The number of para-hydroxylation sites is 1. The second-order valence-corrected chi connectivity index (χ2v) is 6.91. The van der Waals surface area contributed by atoms with Gasteiger partial charge in [0.05, 0.1) is 15.4 Å². The fourth-order valence-electron chi connectivity index (χ4n) is 2.06. The topological polar surface area (TPSA) is 131 Å². The SMILES string of the molecule is CC(=O)Nc1ccc(S(=O)(=O)NN=CC=Cc2ccccc2[N+](=O)[O-])cc1. The molecule has 0 saturated carbocycles. The van der Waals surface area contributed by atoms with E-state index in [-0.39, 0.29) is 16.5 Å². The van der Waals surface area contributed by atoms with Crippen molar-refractivity contribution in [1.29, 1.82) is 0 Å². The molecule has 2 aromatic rings. The molecule has 0 spiro atoms. The van der Waals surface area contributed by atoms with Gasteiger partial charge in [0.25, 0.3) is 15.7 Å². The van der Waals surface area contributed by atoms with Crippen molar-refractivity contribution in [3.8, 4) is 0 Å². The molecule has 2 N–H and O–H groups in total. The molecule has 0 unspecified atom stereocenters. The van der Waals surface area contributed by atoms with E-state index in [0.29, 0.717) is 11.3 Å². The van der Waals surface area contributed by atoms with Crippen molar-refractivity contribution in [3.63, 3.8) is 0 Å². The number of rotatable bonds is 7. The van der Waals surface area contributed by atoms with Gasteiger partial charge in [0, 0.05) is 24.9 Å². The minimum Gasteiger partial charge on any atom is -0.326 e. The van der Waals surface area contributed by atoms with Crippen LogP contribution < -0.4 is 10.1 Å². The van der Waals surface area contributed by atoms with E-state index < -0.39 is 14.9 Å². The summed E-state index contributed by atoms with van der Waals surface area (Å²) in [5, 5.41) is 17.0. The summed E-state index contributed by atoms with van der Waals surface area (Å²) in [4.78, 5) is 23.3. The third-order valence-electron chi connectivity index (χ3n) is 3.23. The third kappa shape index (κ3) is 5.75. The van der Waals surface area contributed by atoms with Crippen LogP contribution in [0.15, 0.2) is 64.6 Å². The highest BCUT2D eigenvalue weighted by atomic mass is 32.2. The molecule has 0 aliphatic rings. The van der Waals surface area contributed by atoms with E-state index in [1.807, 2.05) is 4.83 Å². The van der Waals surface area contributed by atoms with E-state index >= 15 is 0 Å². The minimum atomic E-state index is -3.87. The molecule has 9 nitrogen and oxygen atoms in total. The lowest BCUT2D eigenvalue weighted by Crippen LogP contribution is -2.18. The van der Waals surface area contributed by atoms with Crippen LogP contribution in [-0.4, -0.2) is 25.5 Å². The van der Waals surface area contributed by atoms with Gasteiger partial charge in [-0.3, -0.25) is 14.9 Å². The van der Waals surface area contributed by atoms with Crippen LogP contribution in [0.3, 0.4) is 0 Å². The smallest absolute Gasteiger partial charge is 0.276 e. The highest BCUT2D eigenvalue weighted by Gasteiger charge is 2.12. The number of amides is 1. The molecule has 2 aromatic carbocycles. The van der Waals surface area contributed by atoms with Gasteiger partial charge in [-0.1, -0.05) is 12.1 Å². The normalized spacial score (nSPS) is 11.6. The maximum atomic E-state index is 12.1. The van der Waals surface area contributed by atoms with Gasteiger partial charge in [0.1, 0.15) is 0 Å². The Morgan fingerprint density at radius 1 is 1.15 bits per heavy atom. The number of hydrazone groups is 1. The van der Waals surface area contributed by atoms with Crippen molar-refractivity contribution in [2.24, 2.45) is 5.10 Å². The van der Waals surface area contributed by atoms with E-state index in [0.717, 1.165) is 0 Å². The summed E-state index contributed by atoms with van der Waals surface area (Å²) in [5.41, 5.74) is 0.768. The van der Waals surface area contributed by atoms with E-state index in [9.17, 15) is 23.3 Å². The fraction of sp³-hybridized carbons (Fsp3) is 0.0588. The van der Waals surface area contributed by atoms with Crippen LogP contribution >= 0.6 is 0 Å². The number of nitro benzene ring substituents is 1. The predicted octanol–water partition coefficient (Wildman–Crippen LogP) is 2.53. The molecule has 10 heteroatoms. The standard InChI is InChI=1S/C17H16N4O5S/c1-13(22)19-15-8-10-16(11-9-15)27(25,26)20-18-12-4-6-14-5-2-3-7-17(14)21(23)24/h2-12,20H,1H3,(H,19,22). The molecule has 0 atom stereocenters. The van der Waals surface area contributed by atoms with Crippen molar-refractivity contribution in [2.45, 2.75) is 11.8 Å². The van der Waals surface area contributed by atoms with Crippen LogP contribution in [0.2, 0.25) is 0 Å². The monoisotopic (exact) mass is 388 g/mol. The lowest BCUT2D eigenvalue weighted by atomic mass is 10.2. The second-order valence-electron chi connectivity index (χ2n) is 5.25. The number of allylic oxidation sites excluding steroid dienone is 1. The van der Waals surface area contributed by atoms with Gasteiger partial charge < -0.3 is 5.32 Å². The van der Waals surface area contributed by atoms with Crippen LogP contribution in [-0.2, 0) is 14.8 Å². The Labute approximate surface area is 155 Å². The van der Waals surface area contributed by atoms with E-state index in [1.54, 1.807) is 18.2 Å². The zero-order chi connectivity index (χ0) is 19.9. The Kier molecular flexibility index (Phi) is 6.39. The van der Waals surface area contributed by atoms with Gasteiger partial charge in [-0.05, 0) is 42.5 Å².